The number of anilines is 1. The Kier molecular flexibility index (Phi) is 5.16. The number of amides is 1. The standard InChI is InChI=1S/C19H23N7O3S/c1-12-3-4-14(30(28,29)25-7-5-13(6-8-25)19(27)21-2)9-15(12)16-10-22-18-17(20)23-11-24-26(16)18/h3-4,9-11,13H,5-8H2,1-2H3,(H,21,27)(H2,20,23,24). The second-order valence-corrected chi connectivity index (χ2v) is 9.23. The number of rotatable bonds is 4. The Bertz CT molecular complexity index is 1210. The minimum absolute atomic E-state index is 0.0430. The van der Waals surface area contributed by atoms with Crippen molar-refractivity contribution in [1.29, 1.82) is 0 Å². The topological polar surface area (TPSA) is 136 Å². The molecule has 0 spiro atoms. The van der Waals surface area contributed by atoms with Crippen LogP contribution in [0.1, 0.15) is 18.4 Å². The van der Waals surface area contributed by atoms with E-state index in [-0.39, 0.29) is 22.5 Å². The summed E-state index contributed by atoms with van der Waals surface area (Å²) in [5, 5.41) is 6.83. The van der Waals surface area contributed by atoms with Crippen LogP contribution in [0.15, 0.2) is 35.6 Å². The number of piperidine rings is 1. The van der Waals surface area contributed by atoms with E-state index < -0.39 is 10.0 Å². The van der Waals surface area contributed by atoms with E-state index in [0.717, 1.165) is 5.56 Å². The van der Waals surface area contributed by atoms with Crippen LogP contribution in [0.5, 0.6) is 0 Å². The fourth-order valence-corrected chi connectivity index (χ4v) is 5.26. The molecule has 3 heterocycles. The molecule has 0 aliphatic carbocycles. The summed E-state index contributed by atoms with van der Waals surface area (Å²) in [5.74, 6) is 0.0496. The lowest BCUT2D eigenvalue weighted by Crippen LogP contribution is -2.42. The molecule has 11 heteroatoms. The Balaban J connectivity index is 1.68. The van der Waals surface area contributed by atoms with Gasteiger partial charge >= 0.3 is 0 Å². The van der Waals surface area contributed by atoms with Gasteiger partial charge in [0.1, 0.15) is 6.33 Å². The van der Waals surface area contributed by atoms with Crippen LogP contribution in [0.4, 0.5) is 5.82 Å². The molecule has 0 unspecified atom stereocenters. The van der Waals surface area contributed by atoms with Crippen molar-refractivity contribution in [2.24, 2.45) is 5.92 Å². The molecule has 10 nitrogen and oxygen atoms in total. The van der Waals surface area contributed by atoms with Gasteiger partial charge in [-0.2, -0.15) is 9.40 Å². The number of nitrogens with zero attached hydrogens (tertiary/aromatic N) is 5. The number of nitrogens with one attached hydrogen (secondary N) is 1. The van der Waals surface area contributed by atoms with Gasteiger partial charge in [-0.3, -0.25) is 4.79 Å². The molecule has 1 saturated heterocycles. The van der Waals surface area contributed by atoms with Gasteiger partial charge < -0.3 is 11.1 Å². The van der Waals surface area contributed by atoms with Crippen LogP contribution in [-0.2, 0) is 14.8 Å². The third kappa shape index (κ3) is 3.39. The summed E-state index contributed by atoms with van der Waals surface area (Å²) < 4.78 is 29.5. The van der Waals surface area contributed by atoms with Gasteiger partial charge in [0.25, 0.3) is 0 Å². The van der Waals surface area contributed by atoms with Crippen molar-refractivity contribution in [3.05, 3.63) is 36.3 Å². The maximum absolute atomic E-state index is 13.2. The van der Waals surface area contributed by atoms with Gasteiger partial charge in [0.15, 0.2) is 11.5 Å². The Morgan fingerprint density at radius 2 is 1.97 bits per heavy atom. The Hall–Kier alpha value is -3.05. The summed E-state index contributed by atoms with van der Waals surface area (Å²) in [6.45, 7) is 2.51. The Morgan fingerprint density at radius 1 is 1.23 bits per heavy atom. The third-order valence-electron chi connectivity index (χ3n) is 5.52. The fraction of sp³-hybridized carbons (Fsp3) is 0.368. The van der Waals surface area contributed by atoms with Crippen LogP contribution in [0.25, 0.3) is 16.9 Å². The molecule has 30 heavy (non-hydrogen) atoms. The lowest BCUT2D eigenvalue weighted by atomic mass is 9.97. The van der Waals surface area contributed by atoms with E-state index in [2.05, 4.69) is 20.4 Å². The lowest BCUT2D eigenvalue weighted by molar-refractivity contribution is -0.125. The van der Waals surface area contributed by atoms with Gasteiger partial charge in [-0.1, -0.05) is 6.07 Å². The number of imidazole rings is 1. The molecule has 2 aromatic heterocycles. The van der Waals surface area contributed by atoms with Crippen molar-refractivity contribution < 1.29 is 13.2 Å². The number of benzene rings is 1. The first-order valence-electron chi connectivity index (χ1n) is 9.60. The predicted octanol–water partition coefficient (Wildman–Crippen LogP) is 0.829. The number of aryl methyl sites for hydroxylation is 1. The summed E-state index contributed by atoms with van der Waals surface area (Å²) in [6, 6.07) is 5.01. The van der Waals surface area contributed by atoms with Crippen LogP contribution >= 0.6 is 0 Å². The molecule has 4 rings (SSSR count). The normalized spacial score (nSPS) is 16.1. The van der Waals surface area contributed by atoms with Crippen molar-refractivity contribution in [2.45, 2.75) is 24.7 Å². The van der Waals surface area contributed by atoms with Crippen molar-refractivity contribution in [1.82, 2.24) is 29.2 Å². The first-order chi connectivity index (χ1) is 14.3. The van der Waals surface area contributed by atoms with Gasteiger partial charge in [0, 0.05) is 31.6 Å². The van der Waals surface area contributed by atoms with E-state index in [0.29, 0.717) is 42.8 Å². The molecule has 3 aromatic rings. The van der Waals surface area contributed by atoms with Gasteiger partial charge in [0.05, 0.1) is 16.8 Å². The molecular formula is C19H23N7O3S. The van der Waals surface area contributed by atoms with Gasteiger partial charge in [-0.25, -0.2) is 22.9 Å². The molecule has 0 saturated carbocycles. The highest BCUT2D eigenvalue weighted by molar-refractivity contribution is 7.89. The summed E-state index contributed by atoms with van der Waals surface area (Å²) in [4.78, 5) is 20.2. The Morgan fingerprint density at radius 3 is 2.67 bits per heavy atom. The van der Waals surface area contributed by atoms with Crippen molar-refractivity contribution >= 4 is 27.4 Å². The minimum atomic E-state index is -3.70. The number of nitrogens with two attached hydrogens (primary N) is 1. The predicted molar refractivity (Wildman–Crippen MR) is 111 cm³/mol. The number of hydrogen-bond acceptors (Lipinski definition) is 7. The second kappa shape index (κ2) is 7.65. The second-order valence-electron chi connectivity index (χ2n) is 7.29. The summed E-state index contributed by atoms with van der Waals surface area (Å²) in [6.07, 6.45) is 3.94. The number of nitrogen functional groups attached to an aromatic ring is 1. The van der Waals surface area contributed by atoms with Crippen LogP contribution < -0.4 is 11.1 Å². The molecule has 0 bridgehead atoms. The SMILES string of the molecule is CNC(=O)C1CCN(S(=O)(=O)c2ccc(C)c(-c3cnc4c(N)ncnn34)c2)CC1. The average molecular weight is 430 g/mol. The molecule has 1 aliphatic rings. The number of carbonyl (C=O) groups is 1. The van der Waals surface area contributed by atoms with Crippen LogP contribution in [0.3, 0.4) is 0 Å². The van der Waals surface area contributed by atoms with Gasteiger partial charge in [-0.15, -0.1) is 0 Å². The van der Waals surface area contributed by atoms with E-state index in [1.165, 1.54) is 10.6 Å². The van der Waals surface area contributed by atoms with E-state index in [1.807, 2.05) is 6.92 Å². The molecule has 0 atom stereocenters. The van der Waals surface area contributed by atoms with Gasteiger partial charge in [-0.05, 0) is 37.5 Å². The van der Waals surface area contributed by atoms with Crippen LogP contribution in [0.2, 0.25) is 0 Å². The number of carbonyl (C=O) groups excluding carboxylic acids is 1. The fourth-order valence-electron chi connectivity index (χ4n) is 3.77. The van der Waals surface area contributed by atoms with Crippen LogP contribution in [0, 0.1) is 12.8 Å². The molecule has 158 valence electrons. The molecule has 1 amide bonds. The highest BCUT2D eigenvalue weighted by Crippen LogP contribution is 2.30. The molecule has 1 fully saturated rings. The third-order valence-corrected chi connectivity index (χ3v) is 7.42. The molecule has 1 aromatic carbocycles. The van der Waals surface area contributed by atoms with E-state index >= 15 is 0 Å². The highest BCUT2D eigenvalue weighted by Gasteiger charge is 2.32. The highest BCUT2D eigenvalue weighted by atomic mass is 32.2. The average Bonchev–Trinajstić information content (AvgIpc) is 3.19. The maximum Gasteiger partial charge on any atom is 0.243 e. The zero-order chi connectivity index (χ0) is 21.5. The summed E-state index contributed by atoms with van der Waals surface area (Å²) in [5.41, 5.74) is 8.48. The summed E-state index contributed by atoms with van der Waals surface area (Å²) >= 11 is 0. The number of sulfonamides is 1. The number of fused-ring (bicyclic) bond motifs is 1. The van der Waals surface area contributed by atoms with E-state index in [4.69, 9.17) is 5.73 Å². The van der Waals surface area contributed by atoms with Gasteiger partial charge in [0.2, 0.25) is 15.9 Å². The quantitative estimate of drug-likeness (QED) is 0.627. The first-order valence-corrected chi connectivity index (χ1v) is 11.0. The monoisotopic (exact) mass is 429 g/mol. The lowest BCUT2D eigenvalue weighted by Gasteiger charge is -2.30. The smallest absolute Gasteiger partial charge is 0.243 e. The van der Waals surface area contributed by atoms with Crippen molar-refractivity contribution in [3.63, 3.8) is 0 Å². The van der Waals surface area contributed by atoms with Crippen molar-refractivity contribution in [2.75, 3.05) is 25.9 Å². The number of hydrogen-bond donors (Lipinski definition) is 2. The first kappa shape index (κ1) is 20.2. The van der Waals surface area contributed by atoms with E-state index in [9.17, 15) is 13.2 Å². The van der Waals surface area contributed by atoms with Crippen molar-refractivity contribution in [3.8, 4) is 11.3 Å². The maximum atomic E-state index is 13.2. The number of aromatic nitrogens is 4. The van der Waals surface area contributed by atoms with E-state index in [1.54, 1.807) is 36.0 Å². The minimum Gasteiger partial charge on any atom is -0.381 e. The molecule has 1 aliphatic heterocycles. The summed E-state index contributed by atoms with van der Waals surface area (Å²) in [7, 11) is -2.10. The zero-order valence-corrected chi connectivity index (χ0v) is 17.6. The molecular weight excluding hydrogens is 406 g/mol. The van der Waals surface area contributed by atoms with Crippen LogP contribution in [-0.4, -0.2) is 58.3 Å². The molecule has 3 N–H and O–H groups in total. The molecule has 0 radical (unpaired) electrons. The zero-order valence-electron chi connectivity index (χ0n) is 16.7. The Labute approximate surface area is 174 Å². The largest absolute Gasteiger partial charge is 0.381 e.